The van der Waals surface area contributed by atoms with Gasteiger partial charge in [0.1, 0.15) is 5.49 Å². The lowest BCUT2D eigenvalue weighted by molar-refractivity contribution is -0.143. The van der Waals surface area contributed by atoms with E-state index in [1.54, 1.807) is 0 Å². The summed E-state index contributed by atoms with van der Waals surface area (Å²) in [6.07, 6.45) is -10.2. The Balaban J connectivity index is 3.39. The van der Waals surface area contributed by atoms with Crippen LogP contribution in [0.5, 0.6) is 0 Å². The Labute approximate surface area is 116 Å². The van der Waals surface area contributed by atoms with Crippen molar-refractivity contribution in [3.8, 4) is 0 Å². The third-order valence-corrected chi connectivity index (χ3v) is 5.15. The first kappa shape index (κ1) is 18.1. The van der Waals surface area contributed by atoms with E-state index >= 15 is 0 Å². The van der Waals surface area contributed by atoms with Gasteiger partial charge in [-0.3, -0.25) is 8.77 Å². The second-order valence-electron chi connectivity index (χ2n) is 3.88. The molecule has 1 rings (SSSR count). The van der Waals surface area contributed by atoms with Crippen molar-refractivity contribution >= 4 is 18.4 Å². The predicted molar refractivity (Wildman–Crippen MR) is 59.8 cm³/mol. The van der Waals surface area contributed by atoms with Crippen LogP contribution in [0, 0.1) is 0 Å². The quantitative estimate of drug-likeness (QED) is 0.645. The van der Waals surface area contributed by atoms with Crippen LogP contribution in [-0.4, -0.2) is 19.5 Å². The third-order valence-electron chi connectivity index (χ3n) is 2.11. The van der Waals surface area contributed by atoms with E-state index in [4.69, 9.17) is 9.79 Å². The molecule has 4 nitrogen and oxygen atoms in total. The van der Waals surface area contributed by atoms with Gasteiger partial charge in [-0.2, -0.15) is 26.3 Å². The van der Waals surface area contributed by atoms with Gasteiger partial charge in [-0.15, -0.1) is 0 Å². The van der Waals surface area contributed by atoms with Crippen molar-refractivity contribution in [3.63, 3.8) is 0 Å². The SMILES string of the molecule is O=S(CP(=O)(O)O)c1cc(C(F)(F)F)cc(C(F)(F)F)c1. The van der Waals surface area contributed by atoms with Crippen LogP contribution in [-0.2, 0) is 27.7 Å². The number of hydrogen-bond donors (Lipinski definition) is 2. The van der Waals surface area contributed by atoms with Crippen LogP contribution in [0.2, 0.25) is 0 Å². The fraction of sp³-hybridized carbons (Fsp3) is 0.333. The molecule has 0 heterocycles. The minimum atomic E-state index is -5.12. The largest absolute Gasteiger partial charge is 0.416 e. The summed E-state index contributed by atoms with van der Waals surface area (Å²) in [4.78, 5) is 16.2. The fourth-order valence-corrected chi connectivity index (χ4v) is 3.62. The zero-order valence-corrected chi connectivity index (χ0v) is 11.5. The summed E-state index contributed by atoms with van der Waals surface area (Å²) in [6.45, 7) is 0. The van der Waals surface area contributed by atoms with Gasteiger partial charge in [0.25, 0.3) is 0 Å². The van der Waals surface area contributed by atoms with Crippen molar-refractivity contribution in [3.05, 3.63) is 29.3 Å². The zero-order chi connectivity index (χ0) is 16.6. The molecule has 0 saturated heterocycles. The van der Waals surface area contributed by atoms with Crippen LogP contribution in [0.1, 0.15) is 11.1 Å². The third kappa shape index (κ3) is 5.42. The van der Waals surface area contributed by atoms with Gasteiger partial charge >= 0.3 is 19.9 Å². The van der Waals surface area contributed by atoms with Gasteiger partial charge in [0.2, 0.25) is 0 Å². The Bertz CT molecular complexity index is 573. The summed E-state index contributed by atoms with van der Waals surface area (Å²) in [5, 5.41) is 0. The minimum absolute atomic E-state index is 0.168. The van der Waals surface area contributed by atoms with Crippen LogP contribution in [0.25, 0.3) is 0 Å². The molecule has 0 amide bonds. The van der Waals surface area contributed by atoms with Gasteiger partial charge in [0.15, 0.2) is 0 Å². The lowest BCUT2D eigenvalue weighted by Crippen LogP contribution is -2.12. The number of hydrogen-bond acceptors (Lipinski definition) is 2. The molecule has 0 radical (unpaired) electrons. The number of benzene rings is 1. The van der Waals surface area contributed by atoms with E-state index in [9.17, 15) is 35.1 Å². The summed E-state index contributed by atoms with van der Waals surface area (Å²) in [6, 6.07) is 0.167. The van der Waals surface area contributed by atoms with Crippen molar-refractivity contribution in [2.45, 2.75) is 17.2 Å². The standard InChI is InChI=1S/C9H7F6O4PS/c10-8(11,12)5-1-6(9(13,14)15)3-7(2-5)21(19)4-20(16,17)18/h1-3H,4H2,(H2,16,17,18). The lowest BCUT2D eigenvalue weighted by atomic mass is 10.1. The molecule has 1 aromatic carbocycles. The molecular weight excluding hydrogens is 349 g/mol. The summed E-state index contributed by atoms with van der Waals surface area (Å²) in [5.41, 5.74) is -4.77. The highest BCUT2D eigenvalue weighted by Crippen LogP contribution is 2.40. The second kappa shape index (κ2) is 5.71. The van der Waals surface area contributed by atoms with E-state index in [1.807, 2.05) is 0 Å². The highest BCUT2D eigenvalue weighted by Gasteiger charge is 2.37. The summed E-state index contributed by atoms with van der Waals surface area (Å²) in [7, 11) is -7.57. The minimum Gasteiger partial charge on any atom is -0.324 e. The Hall–Kier alpha value is -0.900. The summed E-state index contributed by atoms with van der Waals surface area (Å²) < 4.78 is 97.2. The Kier molecular flexibility index (Phi) is 4.94. The molecule has 21 heavy (non-hydrogen) atoms. The average Bonchev–Trinajstić information content (AvgIpc) is 2.23. The maximum absolute atomic E-state index is 12.5. The van der Waals surface area contributed by atoms with E-state index in [2.05, 4.69) is 0 Å². The fourth-order valence-electron chi connectivity index (χ4n) is 1.29. The van der Waals surface area contributed by atoms with Gasteiger partial charge in [0, 0.05) is 4.90 Å². The Morgan fingerprint density at radius 2 is 1.33 bits per heavy atom. The van der Waals surface area contributed by atoms with Crippen LogP contribution in [0.15, 0.2) is 23.1 Å². The molecule has 0 aliphatic heterocycles. The molecule has 0 fully saturated rings. The maximum Gasteiger partial charge on any atom is 0.416 e. The van der Waals surface area contributed by atoms with Crippen molar-refractivity contribution in [2.24, 2.45) is 0 Å². The van der Waals surface area contributed by atoms with Gasteiger partial charge in [0.05, 0.1) is 21.9 Å². The van der Waals surface area contributed by atoms with Crippen LogP contribution >= 0.6 is 7.60 Å². The number of alkyl halides is 6. The molecule has 0 saturated carbocycles. The second-order valence-corrected chi connectivity index (χ2v) is 7.41. The molecule has 1 atom stereocenters. The van der Waals surface area contributed by atoms with Crippen LogP contribution in [0.4, 0.5) is 26.3 Å². The van der Waals surface area contributed by atoms with E-state index in [1.165, 1.54) is 0 Å². The van der Waals surface area contributed by atoms with E-state index in [-0.39, 0.29) is 18.2 Å². The first-order chi connectivity index (χ1) is 9.20. The number of rotatable bonds is 3. The zero-order valence-electron chi connectivity index (χ0n) is 9.77. The molecule has 1 aromatic rings. The monoisotopic (exact) mass is 356 g/mol. The van der Waals surface area contributed by atoms with Crippen molar-refractivity contribution in [1.82, 2.24) is 0 Å². The highest BCUT2D eigenvalue weighted by atomic mass is 32.2. The number of halogens is 6. The summed E-state index contributed by atoms with van der Waals surface area (Å²) >= 11 is 0. The average molecular weight is 356 g/mol. The highest BCUT2D eigenvalue weighted by molar-refractivity contribution is 7.92. The molecule has 1 unspecified atom stereocenters. The van der Waals surface area contributed by atoms with Crippen molar-refractivity contribution in [2.75, 3.05) is 5.49 Å². The normalized spacial score (nSPS) is 15.0. The predicted octanol–water partition coefficient (Wildman–Crippen LogP) is 2.97. The first-order valence-corrected chi connectivity index (χ1v) is 8.04. The van der Waals surface area contributed by atoms with E-state index in [0.717, 1.165) is 0 Å². The van der Waals surface area contributed by atoms with Crippen LogP contribution in [0.3, 0.4) is 0 Å². The summed E-state index contributed by atoms with van der Waals surface area (Å²) in [5.74, 6) is 0. The first-order valence-electron chi connectivity index (χ1n) is 4.92. The van der Waals surface area contributed by atoms with Crippen LogP contribution < -0.4 is 0 Å². The van der Waals surface area contributed by atoms with E-state index < -0.39 is 52.3 Å². The molecule has 0 bridgehead atoms. The molecule has 12 heteroatoms. The van der Waals surface area contributed by atoms with E-state index in [0.29, 0.717) is 0 Å². The Morgan fingerprint density at radius 1 is 0.952 bits per heavy atom. The van der Waals surface area contributed by atoms with Gasteiger partial charge in [-0.1, -0.05) is 0 Å². The molecule has 120 valence electrons. The van der Waals surface area contributed by atoms with Gasteiger partial charge in [-0.25, -0.2) is 0 Å². The van der Waals surface area contributed by atoms with Crippen molar-refractivity contribution in [1.29, 1.82) is 0 Å². The Morgan fingerprint density at radius 3 is 1.62 bits per heavy atom. The van der Waals surface area contributed by atoms with Crippen molar-refractivity contribution < 1.29 is 44.9 Å². The lowest BCUT2D eigenvalue weighted by Gasteiger charge is -2.14. The molecule has 0 aliphatic rings. The smallest absolute Gasteiger partial charge is 0.324 e. The van der Waals surface area contributed by atoms with Gasteiger partial charge in [-0.05, 0) is 18.2 Å². The topological polar surface area (TPSA) is 74.6 Å². The molecule has 0 spiro atoms. The molecule has 2 N–H and O–H groups in total. The molecule has 0 aromatic heterocycles. The maximum atomic E-state index is 12.5. The van der Waals surface area contributed by atoms with Gasteiger partial charge < -0.3 is 9.79 Å². The molecular formula is C9H7F6O4PS. The molecule has 0 aliphatic carbocycles.